The van der Waals surface area contributed by atoms with E-state index in [1.807, 2.05) is 0 Å². The van der Waals surface area contributed by atoms with Gasteiger partial charge in [0.1, 0.15) is 16.2 Å². The van der Waals surface area contributed by atoms with Gasteiger partial charge >= 0.3 is 12.1 Å². The molecule has 2 aromatic carbocycles. The van der Waals surface area contributed by atoms with Gasteiger partial charge in [-0.25, -0.2) is 0 Å². The van der Waals surface area contributed by atoms with Crippen LogP contribution in [0.1, 0.15) is 19.4 Å². The first-order valence-electron chi connectivity index (χ1n) is 8.95. The molecule has 3 nitrogen and oxygen atoms in total. The number of alkyl halides is 3. The van der Waals surface area contributed by atoms with Gasteiger partial charge in [0.2, 0.25) is 0 Å². The van der Waals surface area contributed by atoms with Crippen molar-refractivity contribution in [3.05, 3.63) is 77.3 Å². The molecule has 1 fully saturated rings. The Hall–Kier alpha value is -2.47. The van der Waals surface area contributed by atoms with Gasteiger partial charge in [0.05, 0.1) is 0 Å². The Kier molecular flexibility index (Phi) is 5.20. The van der Waals surface area contributed by atoms with Crippen molar-refractivity contribution in [3.8, 4) is 5.75 Å². The van der Waals surface area contributed by atoms with E-state index in [4.69, 9.17) is 16.3 Å². The maximum absolute atomic E-state index is 13.3. The van der Waals surface area contributed by atoms with Crippen LogP contribution in [0.15, 0.2) is 71.8 Å². The first-order chi connectivity index (χ1) is 13.5. The average molecular weight is 425 g/mol. The van der Waals surface area contributed by atoms with Crippen LogP contribution in [0.2, 0.25) is 0 Å². The summed E-state index contributed by atoms with van der Waals surface area (Å²) in [6.07, 6.45) is -4.11. The number of carbonyl (C=O) groups is 1. The van der Waals surface area contributed by atoms with Crippen LogP contribution < -0.4 is 4.74 Å². The summed E-state index contributed by atoms with van der Waals surface area (Å²) in [7, 11) is 0. The molecule has 0 bridgehead atoms. The summed E-state index contributed by atoms with van der Waals surface area (Å²) >= 11 is 5.57. The quantitative estimate of drug-likeness (QED) is 0.633. The fourth-order valence-corrected chi connectivity index (χ4v) is 4.35. The normalized spacial score (nSPS) is 26.1. The zero-order chi connectivity index (χ0) is 21.5. The molecular weight excluding hydrogens is 405 g/mol. The highest BCUT2D eigenvalue weighted by Crippen LogP contribution is 2.75. The van der Waals surface area contributed by atoms with Crippen molar-refractivity contribution in [1.82, 2.24) is 0 Å². The predicted octanol–water partition coefficient (Wildman–Crippen LogP) is 5.84. The van der Waals surface area contributed by atoms with E-state index < -0.39 is 33.6 Å². The number of benzene rings is 2. The van der Waals surface area contributed by atoms with Crippen LogP contribution in [0.25, 0.3) is 0 Å². The number of carboxylic acid groups (broad SMARTS) is 1. The molecule has 0 heterocycles. The van der Waals surface area contributed by atoms with Crippen LogP contribution in [0.5, 0.6) is 5.75 Å². The molecule has 2 aromatic rings. The van der Waals surface area contributed by atoms with Crippen LogP contribution in [-0.4, -0.2) is 22.9 Å². The predicted molar refractivity (Wildman–Crippen MR) is 104 cm³/mol. The lowest BCUT2D eigenvalue weighted by molar-refractivity contribution is -0.146. The molecule has 3 rings (SSSR count). The van der Waals surface area contributed by atoms with Crippen LogP contribution in [0, 0.1) is 10.8 Å². The minimum Gasteiger partial charge on any atom is -0.481 e. The molecule has 29 heavy (non-hydrogen) atoms. The molecule has 1 aliphatic rings. The molecule has 0 radical (unpaired) electrons. The Morgan fingerprint density at radius 2 is 1.59 bits per heavy atom. The van der Waals surface area contributed by atoms with Gasteiger partial charge in [0.15, 0.2) is 5.60 Å². The van der Waals surface area contributed by atoms with Crippen molar-refractivity contribution in [3.63, 3.8) is 0 Å². The summed E-state index contributed by atoms with van der Waals surface area (Å²) in [4.78, 5) is 12.5. The van der Waals surface area contributed by atoms with Crippen molar-refractivity contribution < 1.29 is 27.8 Å². The van der Waals surface area contributed by atoms with Crippen LogP contribution in [0.3, 0.4) is 0 Å². The SMILES string of the molecule is CC1(C)C(C=C(Cl)C(F)(F)F)(Oc2ccccc2)C1(Cc1ccccc1)C(=O)O. The van der Waals surface area contributed by atoms with Crippen molar-refractivity contribution in [2.75, 3.05) is 0 Å². The second-order valence-electron chi connectivity index (χ2n) is 7.64. The van der Waals surface area contributed by atoms with E-state index >= 15 is 0 Å². The molecule has 0 spiro atoms. The molecule has 1 N–H and O–H groups in total. The van der Waals surface area contributed by atoms with Gasteiger partial charge in [-0.1, -0.05) is 74.0 Å². The largest absolute Gasteiger partial charge is 0.481 e. The molecule has 0 aromatic heterocycles. The Bertz CT molecular complexity index is 925. The fraction of sp³-hybridized carbons (Fsp3) is 0.318. The summed E-state index contributed by atoms with van der Waals surface area (Å²) in [5.74, 6) is -0.982. The molecule has 0 saturated heterocycles. The molecule has 1 saturated carbocycles. The van der Waals surface area contributed by atoms with E-state index in [0.717, 1.165) is 6.08 Å². The van der Waals surface area contributed by atoms with Gasteiger partial charge < -0.3 is 9.84 Å². The lowest BCUT2D eigenvalue weighted by atomic mass is 9.88. The summed E-state index contributed by atoms with van der Waals surface area (Å²) in [6.45, 7) is 3.17. The van der Waals surface area contributed by atoms with Crippen LogP contribution in [-0.2, 0) is 11.2 Å². The Morgan fingerprint density at radius 1 is 1.07 bits per heavy atom. The van der Waals surface area contributed by atoms with Crippen LogP contribution in [0.4, 0.5) is 13.2 Å². The average Bonchev–Trinajstić information content (AvgIpc) is 3.05. The molecule has 2 unspecified atom stereocenters. The number of halogens is 4. The van der Waals surface area contributed by atoms with Crippen molar-refractivity contribution in [1.29, 1.82) is 0 Å². The smallest absolute Gasteiger partial charge is 0.426 e. The van der Waals surface area contributed by atoms with E-state index in [1.165, 1.54) is 0 Å². The first kappa shape index (κ1) is 21.2. The van der Waals surface area contributed by atoms with E-state index in [9.17, 15) is 23.1 Å². The summed E-state index contributed by atoms with van der Waals surface area (Å²) < 4.78 is 45.8. The molecule has 1 aliphatic carbocycles. The third-order valence-corrected chi connectivity index (χ3v) is 6.19. The second kappa shape index (κ2) is 7.10. The molecule has 154 valence electrons. The maximum atomic E-state index is 13.3. The second-order valence-corrected chi connectivity index (χ2v) is 8.05. The van der Waals surface area contributed by atoms with Crippen molar-refractivity contribution >= 4 is 17.6 Å². The zero-order valence-corrected chi connectivity index (χ0v) is 16.6. The number of hydrogen-bond donors (Lipinski definition) is 1. The minimum absolute atomic E-state index is 0.0124. The number of ether oxygens (including phenoxy) is 1. The van der Waals surface area contributed by atoms with E-state index in [-0.39, 0.29) is 12.2 Å². The number of aliphatic carboxylic acids is 1. The minimum atomic E-state index is -4.82. The standard InChI is InChI=1S/C22H20ClF3O3/c1-19(2)20(18(27)28,13-15-9-5-3-6-10-15)21(19,14-17(23)22(24,25)26)29-16-11-7-4-8-12-16/h3-12,14H,13H2,1-2H3,(H,27,28). The number of rotatable bonds is 6. The summed E-state index contributed by atoms with van der Waals surface area (Å²) in [6, 6.07) is 16.9. The molecule has 7 heteroatoms. The van der Waals surface area contributed by atoms with Crippen LogP contribution >= 0.6 is 11.6 Å². The van der Waals surface area contributed by atoms with Gasteiger partial charge in [-0.3, -0.25) is 4.79 Å². The third-order valence-electron chi connectivity index (χ3n) is 5.87. The number of hydrogen-bond acceptors (Lipinski definition) is 2. The highest BCUT2D eigenvalue weighted by Gasteiger charge is 2.88. The lowest BCUT2D eigenvalue weighted by Gasteiger charge is -2.23. The van der Waals surface area contributed by atoms with E-state index in [2.05, 4.69) is 0 Å². The number of para-hydroxylation sites is 1. The van der Waals surface area contributed by atoms with Gasteiger partial charge in [0.25, 0.3) is 0 Å². The molecule has 0 amide bonds. The Morgan fingerprint density at radius 3 is 2.07 bits per heavy atom. The third kappa shape index (κ3) is 3.29. The Labute approximate surface area is 171 Å². The highest BCUT2D eigenvalue weighted by atomic mass is 35.5. The van der Waals surface area contributed by atoms with Gasteiger partial charge in [-0.2, -0.15) is 13.2 Å². The first-order valence-corrected chi connectivity index (χ1v) is 9.33. The van der Waals surface area contributed by atoms with Gasteiger partial charge in [-0.15, -0.1) is 0 Å². The lowest BCUT2D eigenvalue weighted by Crippen LogP contribution is -2.34. The summed E-state index contributed by atoms with van der Waals surface area (Å²) in [5, 5.41) is 8.79. The fourth-order valence-electron chi connectivity index (χ4n) is 4.20. The zero-order valence-electron chi connectivity index (χ0n) is 15.8. The van der Waals surface area contributed by atoms with Crippen molar-refractivity contribution in [2.45, 2.75) is 32.0 Å². The number of carboxylic acids is 1. The number of allylic oxidation sites excluding steroid dienone is 1. The molecule has 0 aliphatic heterocycles. The monoisotopic (exact) mass is 424 g/mol. The van der Waals surface area contributed by atoms with Gasteiger partial charge in [0, 0.05) is 5.41 Å². The topological polar surface area (TPSA) is 46.5 Å². The maximum Gasteiger partial charge on any atom is 0.426 e. The highest BCUT2D eigenvalue weighted by molar-refractivity contribution is 6.30. The summed E-state index contributed by atoms with van der Waals surface area (Å²) in [5.41, 5.74) is -3.95. The molecule has 2 atom stereocenters. The van der Waals surface area contributed by atoms with E-state index in [0.29, 0.717) is 5.56 Å². The van der Waals surface area contributed by atoms with Gasteiger partial charge in [-0.05, 0) is 30.2 Å². The molecular formula is C22H20ClF3O3. The van der Waals surface area contributed by atoms with E-state index in [1.54, 1.807) is 74.5 Å². The Balaban J connectivity index is 2.18. The van der Waals surface area contributed by atoms with Crippen molar-refractivity contribution in [2.24, 2.45) is 10.8 Å².